The highest BCUT2D eigenvalue weighted by molar-refractivity contribution is 5.89. The number of unbranched alkanes of at least 4 members (excludes halogenated alkanes) is 1. The molecular weight excluding hydrogens is 298 g/mol. The molecule has 1 heterocycles. The van der Waals surface area contributed by atoms with Gasteiger partial charge in [0, 0.05) is 0 Å². The molecule has 1 aromatic carbocycles. The number of hydrogen-bond donors (Lipinski definition) is 3. The van der Waals surface area contributed by atoms with Crippen LogP contribution in [0.25, 0.3) is 0 Å². The Morgan fingerprint density at radius 2 is 1.83 bits per heavy atom. The predicted octanol–water partition coefficient (Wildman–Crippen LogP) is 0.410. The minimum absolute atomic E-state index is 0.0217. The molecule has 128 valence electrons. The number of nitrogens with zero attached hydrogens (tertiary/aromatic N) is 1. The molecule has 2 rings (SSSR count). The Morgan fingerprint density at radius 3 is 2.43 bits per heavy atom. The van der Waals surface area contributed by atoms with Gasteiger partial charge in [0.05, 0.1) is 30.4 Å². The number of aliphatic hydroxyl groups is 3. The lowest BCUT2D eigenvalue weighted by atomic mass is 10.1. The van der Waals surface area contributed by atoms with E-state index in [4.69, 9.17) is 4.74 Å². The Morgan fingerprint density at radius 1 is 1.17 bits per heavy atom. The number of likely N-dealkylation sites (tertiary alicyclic amines) is 1. The summed E-state index contributed by atoms with van der Waals surface area (Å²) in [6.45, 7) is 2.40. The molecule has 0 amide bonds. The fraction of sp³-hybridized carbons (Fsp3) is 0.588. The molecule has 4 atom stereocenters. The summed E-state index contributed by atoms with van der Waals surface area (Å²) in [5.74, 6) is -0.463. The molecule has 1 aliphatic heterocycles. The minimum atomic E-state index is -1.05. The Labute approximate surface area is 136 Å². The van der Waals surface area contributed by atoms with Crippen molar-refractivity contribution in [1.82, 2.24) is 4.90 Å². The van der Waals surface area contributed by atoms with Gasteiger partial charge in [-0.2, -0.15) is 0 Å². The van der Waals surface area contributed by atoms with Crippen molar-refractivity contribution in [2.24, 2.45) is 0 Å². The zero-order valence-electron chi connectivity index (χ0n) is 13.3. The molecule has 1 aromatic rings. The van der Waals surface area contributed by atoms with Crippen molar-refractivity contribution < 1.29 is 24.9 Å². The van der Waals surface area contributed by atoms with E-state index in [0.717, 1.165) is 12.8 Å². The van der Waals surface area contributed by atoms with E-state index in [0.29, 0.717) is 12.1 Å². The SMILES string of the molecule is CCCCN1[C@H](CO)[C@@H](O)[C@H](O)[C@H]1COC(=O)c1ccccc1. The molecule has 0 radical (unpaired) electrons. The molecule has 0 aromatic heterocycles. The van der Waals surface area contributed by atoms with Gasteiger partial charge in [0.15, 0.2) is 0 Å². The first-order valence-electron chi connectivity index (χ1n) is 8.05. The lowest BCUT2D eigenvalue weighted by Crippen LogP contribution is -2.44. The maximum atomic E-state index is 12.0. The highest BCUT2D eigenvalue weighted by Crippen LogP contribution is 2.26. The van der Waals surface area contributed by atoms with Gasteiger partial charge in [-0.05, 0) is 25.1 Å². The molecule has 23 heavy (non-hydrogen) atoms. The monoisotopic (exact) mass is 323 g/mol. The first-order valence-corrected chi connectivity index (χ1v) is 8.05. The van der Waals surface area contributed by atoms with Gasteiger partial charge in [-0.15, -0.1) is 0 Å². The maximum absolute atomic E-state index is 12.0. The van der Waals surface area contributed by atoms with Gasteiger partial charge in [0.1, 0.15) is 12.7 Å². The van der Waals surface area contributed by atoms with Gasteiger partial charge >= 0.3 is 5.97 Å². The van der Waals surface area contributed by atoms with Gasteiger partial charge in [0.2, 0.25) is 0 Å². The van der Waals surface area contributed by atoms with Crippen LogP contribution in [0.4, 0.5) is 0 Å². The Bertz CT molecular complexity index is 495. The number of hydrogen-bond acceptors (Lipinski definition) is 6. The summed E-state index contributed by atoms with van der Waals surface area (Å²) in [5, 5.41) is 29.8. The molecular formula is C17H25NO5. The van der Waals surface area contributed by atoms with Gasteiger partial charge < -0.3 is 20.1 Å². The van der Waals surface area contributed by atoms with E-state index in [9.17, 15) is 20.1 Å². The third-order valence-corrected chi connectivity index (χ3v) is 4.34. The smallest absolute Gasteiger partial charge is 0.338 e. The van der Waals surface area contributed by atoms with Crippen LogP contribution < -0.4 is 0 Å². The molecule has 0 bridgehead atoms. The zero-order valence-corrected chi connectivity index (χ0v) is 13.3. The molecule has 1 saturated heterocycles. The zero-order chi connectivity index (χ0) is 16.8. The van der Waals surface area contributed by atoms with E-state index in [2.05, 4.69) is 0 Å². The van der Waals surface area contributed by atoms with E-state index in [1.54, 1.807) is 24.3 Å². The Kier molecular flexibility index (Phi) is 6.53. The fourth-order valence-corrected chi connectivity index (χ4v) is 2.99. The predicted molar refractivity (Wildman–Crippen MR) is 85.0 cm³/mol. The van der Waals surface area contributed by atoms with Crippen molar-refractivity contribution in [2.45, 2.75) is 44.1 Å². The van der Waals surface area contributed by atoms with Gasteiger partial charge in [-0.3, -0.25) is 4.90 Å². The van der Waals surface area contributed by atoms with Crippen LogP contribution in [0.3, 0.4) is 0 Å². The second kappa shape index (κ2) is 8.40. The summed E-state index contributed by atoms with van der Waals surface area (Å²) < 4.78 is 5.30. The third-order valence-electron chi connectivity index (χ3n) is 4.34. The quantitative estimate of drug-likeness (QED) is 0.630. The number of carbonyl (C=O) groups is 1. The minimum Gasteiger partial charge on any atom is -0.460 e. The van der Waals surface area contributed by atoms with Crippen LogP contribution >= 0.6 is 0 Å². The molecule has 1 aliphatic rings. The summed E-state index contributed by atoms with van der Waals surface area (Å²) in [7, 11) is 0. The van der Waals surface area contributed by atoms with Gasteiger partial charge in [-0.1, -0.05) is 31.5 Å². The van der Waals surface area contributed by atoms with Crippen LogP contribution in [0.15, 0.2) is 30.3 Å². The largest absolute Gasteiger partial charge is 0.460 e. The highest BCUT2D eigenvalue weighted by Gasteiger charge is 2.47. The van der Waals surface area contributed by atoms with E-state index in [-0.39, 0.29) is 13.2 Å². The highest BCUT2D eigenvalue weighted by atomic mass is 16.5. The number of rotatable bonds is 7. The lowest BCUT2D eigenvalue weighted by molar-refractivity contribution is 0.00393. The summed E-state index contributed by atoms with van der Waals surface area (Å²) in [5.41, 5.74) is 0.444. The van der Waals surface area contributed by atoms with Crippen LogP contribution in [0.1, 0.15) is 30.1 Å². The molecule has 3 N–H and O–H groups in total. The van der Waals surface area contributed by atoms with Crippen LogP contribution in [-0.4, -0.2) is 70.2 Å². The Hall–Kier alpha value is -1.47. The van der Waals surface area contributed by atoms with Crippen LogP contribution in [0.2, 0.25) is 0 Å². The van der Waals surface area contributed by atoms with Crippen LogP contribution in [-0.2, 0) is 4.74 Å². The summed E-state index contributed by atoms with van der Waals surface area (Å²) in [4.78, 5) is 13.9. The third kappa shape index (κ3) is 4.09. The summed E-state index contributed by atoms with van der Waals surface area (Å²) in [6.07, 6.45) is -0.263. The second-order valence-electron chi connectivity index (χ2n) is 5.85. The first kappa shape index (κ1) is 17.9. The molecule has 0 spiro atoms. The van der Waals surface area contributed by atoms with Crippen molar-refractivity contribution in [3.05, 3.63) is 35.9 Å². The Balaban J connectivity index is 2.02. The molecule has 6 heteroatoms. The molecule has 0 aliphatic carbocycles. The average Bonchev–Trinajstić information content (AvgIpc) is 2.81. The second-order valence-corrected chi connectivity index (χ2v) is 5.85. The standard InChI is InChI=1S/C17H25NO5/c1-2-3-9-18-13(10-19)15(20)16(21)14(18)11-23-17(22)12-7-5-4-6-8-12/h4-8,13-16,19-21H,2-3,9-11H2,1H3/t13-,14-,15-,16-/m1/s1. The molecule has 6 nitrogen and oxygen atoms in total. The van der Waals surface area contributed by atoms with E-state index in [1.807, 2.05) is 17.9 Å². The number of benzene rings is 1. The number of aliphatic hydroxyl groups excluding tert-OH is 3. The fourth-order valence-electron chi connectivity index (χ4n) is 2.99. The van der Waals surface area contributed by atoms with E-state index in [1.165, 1.54) is 0 Å². The van der Waals surface area contributed by atoms with Crippen molar-refractivity contribution >= 4 is 5.97 Å². The first-order chi connectivity index (χ1) is 11.1. The lowest BCUT2D eigenvalue weighted by Gasteiger charge is -2.29. The van der Waals surface area contributed by atoms with E-state index < -0.39 is 30.3 Å². The van der Waals surface area contributed by atoms with Gasteiger partial charge in [0.25, 0.3) is 0 Å². The molecule has 0 saturated carbocycles. The van der Waals surface area contributed by atoms with Crippen molar-refractivity contribution in [3.8, 4) is 0 Å². The summed E-state index contributed by atoms with van der Waals surface area (Å²) >= 11 is 0. The van der Waals surface area contributed by atoms with Crippen molar-refractivity contribution in [3.63, 3.8) is 0 Å². The topological polar surface area (TPSA) is 90.2 Å². The van der Waals surface area contributed by atoms with Crippen LogP contribution in [0, 0.1) is 0 Å². The number of esters is 1. The van der Waals surface area contributed by atoms with Crippen molar-refractivity contribution in [1.29, 1.82) is 0 Å². The maximum Gasteiger partial charge on any atom is 0.338 e. The number of ether oxygens (including phenoxy) is 1. The number of carbonyl (C=O) groups excluding carboxylic acids is 1. The summed E-state index contributed by atoms with van der Waals surface area (Å²) in [6, 6.07) is 7.59. The molecule has 0 unspecified atom stereocenters. The van der Waals surface area contributed by atoms with Crippen LogP contribution in [0.5, 0.6) is 0 Å². The normalized spacial score (nSPS) is 28.0. The van der Waals surface area contributed by atoms with Gasteiger partial charge in [-0.25, -0.2) is 4.79 Å². The van der Waals surface area contributed by atoms with Crippen molar-refractivity contribution in [2.75, 3.05) is 19.8 Å². The molecule has 1 fully saturated rings. The van der Waals surface area contributed by atoms with E-state index >= 15 is 0 Å². The average molecular weight is 323 g/mol.